The Kier molecular flexibility index (Phi) is 5.80. The van der Waals surface area contributed by atoms with Crippen LogP contribution in [-0.4, -0.2) is 36.7 Å². The molecule has 108 valence electrons. The van der Waals surface area contributed by atoms with Crippen LogP contribution in [-0.2, 0) is 16.8 Å². The van der Waals surface area contributed by atoms with E-state index in [9.17, 15) is 8.42 Å². The minimum absolute atomic E-state index is 0.0784. The van der Waals surface area contributed by atoms with Gasteiger partial charge in [-0.3, -0.25) is 0 Å². The van der Waals surface area contributed by atoms with E-state index in [2.05, 4.69) is 0 Å². The van der Waals surface area contributed by atoms with E-state index in [0.29, 0.717) is 11.6 Å². The number of hydrogen-bond acceptors (Lipinski definition) is 2. The maximum Gasteiger partial charge on any atom is 0.282 e. The molecule has 0 unspecified atom stereocenters. The summed E-state index contributed by atoms with van der Waals surface area (Å²) in [6, 6.07) is 7.22. The van der Waals surface area contributed by atoms with E-state index in [4.69, 9.17) is 11.6 Å². The molecule has 0 spiro atoms. The molecule has 0 fully saturated rings. The summed E-state index contributed by atoms with van der Waals surface area (Å²) in [7, 11) is -1.86. The first-order valence-corrected chi connectivity index (χ1v) is 8.04. The molecule has 4 nitrogen and oxygen atoms in total. The Morgan fingerprint density at radius 1 is 1.26 bits per heavy atom. The molecule has 0 saturated heterocycles. The van der Waals surface area contributed by atoms with Crippen molar-refractivity contribution in [3.8, 4) is 0 Å². The van der Waals surface area contributed by atoms with Crippen LogP contribution < -0.4 is 0 Å². The van der Waals surface area contributed by atoms with Crippen LogP contribution in [0.4, 0.5) is 0 Å². The summed E-state index contributed by atoms with van der Waals surface area (Å²) >= 11 is 6.08. The largest absolute Gasteiger partial charge is 0.282 e. The van der Waals surface area contributed by atoms with Gasteiger partial charge in [0.05, 0.1) is 0 Å². The van der Waals surface area contributed by atoms with Crippen LogP contribution in [0.1, 0.15) is 26.3 Å². The first kappa shape index (κ1) is 16.4. The fourth-order valence-electron chi connectivity index (χ4n) is 1.62. The van der Waals surface area contributed by atoms with Gasteiger partial charge in [0.1, 0.15) is 0 Å². The first-order chi connectivity index (χ1) is 8.80. The monoisotopic (exact) mass is 304 g/mol. The number of benzene rings is 1. The van der Waals surface area contributed by atoms with Crippen LogP contribution in [0.25, 0.3) is 0 Å². The van der Waals surface area contributed by atoms with E-state index in [1.165, 1.54) is 8.61 Å². The summed E-state index contributed by atoms with van der Waals surface area (Å²) in [6.07, 6.45) is 0. The molecule has 0 saturated carbocycles. The summed E-state index contributed by atoms with van der Waals surface area (Å²) in [5.74, 6) is 0. The summed E-state index contributed by atoms with van der Waals surface area (Å²) < 4.78 is 27.6. The lowest BCUT2D eigenvalue weighted by atomic mass is 10.2. The van der Waals surface area contributed by atoms with E-state index in [1.54, 1.807) is 13.1 Å². The first-order valence-electron chi connectivity index (χ1n) is 6.27. The molecule has 0 aliphatic rings. The van der Waals surface area contributed by atoms with E-state index in [1.807, 2.05) is 39.0 Å². The van der Waals surface area contributed by atoms with Gasteiger partial charge < -0.3 is 0 Å². The summed E-state index contributed by atoms with van der Waals surface area (Å²) in [4.78, 5) is 0. The van der Waals surface area contributed by atoms with Gasteiger partial charge in [0, 0.05) is 31.2 Å². The Bertz CT molecular complexity index is 517. The summed E-state index contributed by atoms with van der Waals surface area (Å²) in [5.41, 5.74) is 0.812. The third-order valence-corrected chi connectivity index (χ3v) is 5.63. The Morgan fingerprint density at radius 2 is 1.84 bits per heavy atom. The zero-order valence-corrected chi connectivity index (χ0v) is 13.4. The highest BCUT2D eigenvalue weighted by Crippen LogP contribution is 2.20. The Morgan fingerprint density at radius 3 is 2.32 bits per heavy atom. The Hall–Kier alpha value is -0.620. The number of rotatable bonds is 6. The van der Waals surface area contributed by atoms with Crippen LogP contribution >= 0.6 is 11.6 Å². The van der Waals surface area contributed by atoms with Gasteiger partial charge >= 0.3 is 0 Å². The van der Waals surface area contributed by atoms with E-state index in [0.717, 1.165) is 5.56 Å². The van der Waals surface area contributed by atoms with Crippen molar-refractivity contribution in [2.45, 2.75) is 33.4 Å². The van der Waals surface area contributed by atoms with Crippen LogP contribution in [0.15, 0.2) is 24.3 Å². The van der Waals surface area contributed by atoms with Gasteiger partial charge in [-0.25, -0.2) is 0 Å². The van der Waals surface area contributed by atoms with Crippen molar-refractivity contribution in [3.05, 3.63) is 34.9 Å². The lowest BCUT2D eigenvalue weighted by Gasteiger charge is -2.29. The predicted molar refractivity (Wildman–Crippen MR) is 79.4 cm³/mol. The standard InChI is InChI=1S/C13H21ClN2O2S/c1-5-16(19(17,18)15(4)11(2)3)10-12-8-6-7-9-13(12)14/h6-9,11H,5,10H2,1-4H3. The third kappa shape index (κ3) is 3.92. The fraction of sp³-hybridized carbons (Fsp3) is 0.538. The SMILES string of the molecule is CCN(Cc1ccccc1Cl)S(=O)(=O)N(C)C(C)C. The molecule has 0 aromatic heterocycles. The Balaban J connectivity index is 2.99. The van der Waals surface area contributed by atoms with Gasteiger partial charge in [-0.2, -0.15) is 17.0 Å². The maximum absolute atomic E-state index is 12.4. The van der Waals surface area contributed by atoms with Crippen LogP contribution in [0.2, 0.25) is 5.02 Å². The maximum atomic E-state index is 12.4. The van der Waals surface area contributed by atoms with Crippen molar-refractivity contribution >= 4 is 21.8 Å². The van der Waals surface area contributed by atoms with Crippen molar-refractivity contribution in [2.24, 2.45) is 0 Å². The van der Waals surface area contributed by atoms with E-state index >= 15 is 0 Å². The fourth-order valence-corrected chi connectivity index (χ4v) is 3.34. The second-order valence-corrected chi connectivity index (χ2v) is 7.03. The molecule has 0 radical (unpaired) electrons. The van der Waals surface area contributed by atoms with Gasteiger partial charge in [0.25, 0.3) is 10.2 Å². The highest BCUT2D eigenvalue weighted by Gasteiger charge is 2.27. The van der Waals surface area contributed by atoms with Gasteiger partial charge in [-0.05, 0) is 25.5 Å². The number of nitrogens with zero attached hydrogens (tertiary/aromatic N) is 2. The number of hydrogen-bond donors (Lipinski definition) is 0. The molecule has 0 aliphatic carbocycles. The zero-order chi connectivity index (χ0) is 14.6. The zero-order valence-electron chi connectivity index (χ0n) is 11.8. The highest BCUT2D eigenvalue weighted by atomic mass is 35.5. The molecule has 0 N–H and O–H groups in total. The molecule has 0 amide bonds. The quantitative estimate of drug-likeness (QED) is 0.811. The van der Waals surface area contributed by atoms with E-state index < -0.39 is 10.2 Å². The molecule has 19 heavy (non-hydrogen) atoms. The molecule has 0 heterocycles. The Labute approximate surface area is 121 Å². The average Bonchev–Trinajstić information content (AvgIpc) is 2.36. The highest BCUT2D eigenvalue weighted by molar-refractivity contribution is 7.86. The normalized spacial score (nSPS) is 12.6. The third-order valence-electron chi connectivity index (χ3n) is 3.07. The molecular formula is C13H21ClN2O2S. The van der Waals surface area contributed by atoms with Crippen molar-refractivity contribution in [2.75, 3.05) is 13.6 Å². The molecule has 0 bridgehead atoms. The lowest BCUT2D eigenvalue weighted by molar-refractivity contribution is 0.337. The van der Waals surface area contributed by atoms with Crippen LogP contribution in [0.3, 0.4) is 0 Å². The average molecular weight is 305 g/mol. The van der Waals surface area contributed by atoms with E-state index in [-0.39, 0.29) is 12.6 Å². The second-order valence-electron chi connectivity index (χ2n) is 4.64. The van der Waals surface area contributed by atoms with Gasteiger partial charge in [-0.1, -0.05) is 36.7 Å². The molecule has 1 rings (SSSR count). The van der Waals surface area contributed by atoms with Gasteiger partial charge in [0.15, 0.2) is 0 Å². The van der Waals surface area contributed by atoms with Crippen LogP contribution in [0.5, 0.6) is 0 Å². The van der Waals surface area contributed by atoms with Crippen molar-refractivity contribution in [1.29, 1.82) is 0 Å². The topological polar surface area (TPSA) is 40.6 Å². The van der Waals surface area contributed by atoms with Gasteiger partial charge in [-0.15, -0.1) is 0 Å². The lowest BCUT2D eigenvalue weighted by Crippen LogP contribution is -2.44. The molecule has 0 atom stereocenters. The van der Waals surface area contributed by atoms with Crippen molar-refractivity contribution in [3.63, 3.8) is 0 Å². The van der Waals surface area contributed by atoms with Crippen molar-refractivity contribution < 1.29 is 8.42 Å². The van der Waals surface area contributed by atoms with Gasteiger partial charge in [0.2, 0.25) is 0 Å². The van der Waals surface area contributed by atoms with Crippen molar-refractivity contribution in [1.82, 2.24) is 8.61 Å². The number of halogens is 1. The predicted octanol–water partition coefficient (Wildman–Crippen LogP) is 2.75. The minimum atomic E-state index is -3.46. The smallest absolute Gasteiger partial charge is 0.195 e. The molecular weight excluding hydrogens is 284 g/mol. The van der Waals surface area contributed by atoms with Crippen LogP contribution in [0, 0.1) is 0 Å². The molecule has 0 aliphatic heterocycles. The summed E-state index contributed by atoms with van der Waals surface area (Å²) in [6.45, 7) is 6.21. The molecule has 1 aromatic carbocycles. The summed E-state index contributed by atoms with van der Waals surface area (Å²) in [5, 5.41) is 0.586. The second kappa shape index (κ2) is 6.70. The molecule has 1 aromatic rings. The minimum Gasteiger partial charge on any atom is -0.195 e. The molecule has 6 heteroatoms.